The van der Waals surface area contributed by atoms with E-state index < -0.39 is 0 Å². The van der Waals surface area contributed by atoms with Gasteiger partial charge in [-0.05, 0) is 67.6 Å². The zero-order valence-corrected chi connectivity index (χ0v) is 17.8. The summed E-state index contributed by atoms with van der Waals surface area (Å²) in [5.41, 5.74) is 1.22. The summed E-state index contributed by atoms with van der Waals surface area (Å²) in [6.45, 7) is 4.68. The topological polar surface area (TPSA) is 51.1 Å². The van der Waals surface area contributed by atoms with Crippen LogP contribution in [0, 0.1) is 5.82 Å². The molecule has 1 aliphatic rings. The summed E-state index contributed by atoms with van der Waals surface area (Å²) in [7, 11) is 1.54. The smallest absolute Gasteiger partial charge is 0.266 e. The van der Waals surface area contributed by atoms with Gasteiger partial charge in [0.05, 0.1) is 29.3 Å². The van der Waals surface area contributed by atoms with E-state index in [2.05, 4.69) is 4.99 Å². The van der Waals surface area contributed by atoms with Gasteiger partial charge in [0.15, 0.2) is 16.7 Å². The molecule has 1 aliphatic heterocycles. The number of nitrogens with zero attached hydrogens (tertiary/aromatic N) is 2. The number of benzene rings is 2. The maximum absolute atomic E-state index is 13.1. The first-order valence-electron chi connectivity index (χ1n) is 9.02. The molecule has 152 valence electrons. The molecule has 2 aromatic rings. The van der Waals surface area contributed by atoms with Gasteiger partial charge in [-0.1, -0.05) is 11.6 Å². The number of carbonyl (C=O) groups excluding carboxylic acids is 1. The van der Waals surface area contributed by atoms with Crippen LogP contribution in [0.2, 0.25) is 5.02 Å². The van der Waals surface area contributed by atoms with Crippen molar-refractivity contribution in [3.63, 3.8) is 0 Å². The monoisotopic (exact) mass is 434 g/mol. The normalized spacial score (nSPS) is 16.7. The van der Waals surface area contributed by atoms with Crippen molar-refractivity contribution in [1.82, 2.24) is 4.90 Å². The molecule has 8 heteroatoms. The fourth-order valence-electron chi connectivity index (χ4n) is 2.73. The van der Waals surface area contributed by atoms with E-state index in [9.17, 15) is 9.18 Å². The van der Waals surface area contributed by atoms with E-state index in [1.54, 1.807) is 42.4 Å². The summed E-state index contributed by atoms with van der Waals surface area (Å²) in [5.74, 6) is 0.576. The molecule has 0 atom stereocenters. The van der Waals surface area contributed by atoms with E-state index in [1.165, 1.54) is 23.9 Å². The second kappa shape index (κ2) is 9.33. The van der Waals surface area contributed by atoms with Crippen LogP contribution < -0.4 is 9.47 Å². The third-order valence-corrected chi connectivity index (χ3v) is 5.46. The SMILES string of the molecule is CCOc1cc(/C=C2/SC(=Nc3ccc(F)cc3)N(CC)C2=O)c(Cl)cc1OC. The number of carbonyl (C=O) groups is 1. The van der Waals surface area contributed by atoms with Gasteiger partial charge in [-0.2, -0.15) is 0 Å². The predicted octanol–water partition coefficient (Wildman–Crippen LogP) is 5.51. The number of hydrogen-bond acceptors (Lipinski definition) is 5. The molecule has 2 aromatic carbocycles. The maximum Gasteiger partial charge on any atom is 0.266 e. The summed E-state index contributed by atoms with van der Waals surface area (Å²) in [6, 6.07) is 9.21. The fraction of sp³-hybridized carbons (Fsp3) is 0.238. The number of likely N-dealkylation sites (N-methyl/N-ethyl adjacent to an activating group) is 1. The predicted molar refractivity (Wildman–Crippen MR) is 116 cm³/mol. The van der Waals surface area contributed by atoms with Crippen LogP contribution in [0.3, 0.4) is 0 Å². The summed E-state index contributed by atoms with van der Waals surface area (Å²) >= 11 is 7.62. The highest BCUT2D eigenvalue weighted by molar-refractivity contribution is 8.18. The Morgan fingerprint density at radius 2 is 1.93 bits per heavy atom. The Morgan fingerprint density at radius 3 is 2.55 bits per heavy atom. The van der Waals surface area contributed by atoms with Crippen molar-refractivity contribution in [3.05, 3.63) is 57.7 Å². The van der Waals surface area contributed by atoms with Crippen molar-refractivity contribution < 1.29 is 18.7 Å². The Bertz CT molecular complexity index is 977. The molecule has 1 fully saturated rings. The number of hydrogen-bond donors (Lipinski definition) is 0. The van der Waals surface area contributed by atoms with Crippen LogP contribution in [0.4, 0.5) is 10.1 Å². The third kappa shape index (κ3) is 4.74. The highest BCUT2D eigenvalue weighted by Gasteiger charge is 2.32. The fourth-order valence-corrected chi connectivity index (χ4v) is 3.99. The summed E-state index contributed by atoms with van der Waals surface area (Å²) in [6.07, 6.45) is 1.72. The molecule has 0 radical (unpaired) electrons. The van der Waals surface area contributed by atoms with Gasteiger partial charge >= 0.3 is 0 Å². The van der Waals surface area contributed by atoms with Gasteiger partial charge in [-0.15, -0.1) is 0 Å². The number of thioether (sulfide) groups is 1. The average molecular weight is 435 g/mol. The molecule has 0 unspecified atom stereocenters. The zero-order valence-electron chi connectivity index (χ0n) is 16.2. The molecule has 0 bridgehead atoms. The highest BCUT2D eigenvalue weighted by Crippen LogP contribution is 2.38. The van der Waals surface area contributed by atoms with E-state index in [0.717, 1.165) is 0 Å². The Labute approximate surface area is 178 Å². The van der Waals surface area contributed by atoms with E-state index in [0.29, 0.717) is 51.0 Å². The number of aliphatic imine (C=N–C) groups is 1. The van der Waals surface area contributed by atoms with Gasteiger partial charge in [0.25, 0.3) is 5.91 Å². The summed E-state index contributed by atoms with van der Waals surface area (Å²) in [5, 5.41) is 0.975. The second-order valence-electron chi connectivity index (χ2n) is 5.99. The van der Waals surface area contributed by atoms with Crippen molar-refractivity contribution in [1.29, 1.82) is 0 Å². The van der Waals surface area contributed by atoms with Gasteiger partial charge in [0.2, 0.25) is 0 Å². The van der Waals surface area contributed by atoms with Crippen LogP contribution in [0.5, 0.6) is 11.5 Å². The number of ether oxygens (including phenoxy) is 2. The minimum atomic E-state index is -0.337. The molecule has 0 N–H and O–H groups in total. The number of rotatable bonds is 6. The van der Waals surface area contributed by atoms with Crippen LogP contribution in [0.1, 0.15) is 19.4 Å². The first kappa shape index (κ1) is 21.2. The lowest BCUT2D eigenvalue weighted by Crippen LogP contribution is -2.28. The molecule has 3 rings (SSSR count). The van der Waals surface area contributed by atoms with Gasteiger partial charge in [0.1, 0.15) is 5.82 Å². The molecular formula is C21H20ClFN2O3S. The largest absolute Gasteiger partial charge is 0.493 e. The first-order chi connectivity index (χ1) is 14.0. The zero-order chi connectivity index (χ0) is 21.0. The number of methoxy groups -OCH3 is 1. The Morgan fingerprint density at radius 1 is 1.21 bits per heavy atom. The van der Waals surface area contributed by atoms with Crippen LogP contribution in [-0.4, -0.2) is 36.2 Å². The number of amidine groups is 1. The van der Waals surface area contributed by atoms with Crippen LogP contribution in [0.25, 0.3) is 6.08 Å². The Balaban J connectivity index is 1.96. The number of halogens is 2. The first-order valence-corrected chi connectivity index (χ1v) is 10.2. The molecular weight excluding hydrogens is 415 g/mol. The highest BCUT2D eigenvalue weighted by atomic mass is 35.5. The minimum absolute atomic E-state index is 0.164. The van der Waals surface area contributed by atoms with Crippen LogP contribution in [0.15, 0.2) is 46.3 Å². The second-order valence-corrected chi connectivity index (χ2v) is 7.40. The molecule has 5 nitrogen and oxygen atoms in total. The molecule has 29 heavy (non-hydrogen) atoms. The standard InChI is InChI=1S/C21H20ClFN2O3S/c1-4-25-20(26)19(29-21(25)24-15-8-6-14(23)7-9-15)11-13-10-18(28-5-2)17(27-3)12-16(13)22/h6-12H,4-5H2,1-3H3/b19-11+,24-21?. The molecule has 0 spiro atoms. The van der Waals surface area contributed by atoms with Crippen molar-refractivity contribution in [2.45, 2.75) is 13.8 Å². The molecule has 0 aliphatic carbocycles. The molecule has 1 heterocycles. The lowest BCUT2D eigenvalue weighted by molar-refractivity contribution is -0.122. The van der Waals surface area contributed by atoms with Gasteiger partial charge in [-0.25, -0.2) is 9.38 Å². The number of amides is 1. The average Bonchev–Trinajstić information content (AvgIpc) is 3.00. The van der Waals surface area contributed by atoms with E-state index >= 15 is 0 Å². The quantitative estimate of drug-likeness (QED) is 0.562. The molecule has 1 amide bonds. The van der Waals surface area contributed by atoms with Gasteiger partial charge < -0.3 is 9.47 Å². The lowest BCUT2D eigenvalue weighted by Gasteiger charge is -2.12. The van der Waals surface area contributed by atoms with E-state index in [4.69, 9.17) is 21.1 Å². The maximum atomic E-state index is 13.1. The molecule has 0 saturated carbocycles. The van der Waals surface area contributed by atoms with Crippen LogP contribution in [-0.2, 0) is 4.79 Å². The Kier molecular flexibility index (Phi) is 6.82. The van der Waals surface area contributed by atoms with Gasteiger partial charge in [-0.3, -0.25) is 9.69 Å². The summed E-state index contributed by atoms with van der Waals surface area (Å²) in [4.78, 5) is 19.4. The van der Waals surface area contributed by atoms with E-state index in [1.807, 2.05) is 13.8 Å². The summed E-state index contributed by atoms with van der Waals surface area (Å²) < 4.78 is 24.0. The third-order valence-electron chi connectivity index (χ3n) is 4.13. The van der Waals surface area contributed by atoms with Crippen LogP contribution >= 0.6 is 23.4 Å². The van der Waals surface area contributed by atoms with Crippen molar-refractivity contribution >= 4 is 46.2 Å². The van der Waals surface area contributed by atoms with Crippen molar-refractivity contribution in [2.75, 3.05) is 20.3 Å². The van der Waals surface area contributed by atoms with E-state index in [-0.39, 0.29) is 11.7 Å². The Hall–Kier alpha value is -2.51. The molecule has 1 saturated heterocycles. The van der Waals surface area contributed by atoms with Crippen molar-refractivity contribution in [3.8, 4) is 11.5 Å². The van der Waals surface area contributed by atoms with Gasteiger partial charge in [0, 0.05) is 12.6 Å². The lowest BCUT2D eigenvalue weighted by atomic mass is 10.1. The van der Waals surface area contributed by atoms with Crippen molar-refractivity contribution in [2.24, 2.45) is 4.99 Å². The molecule has 0 aromatic heterocycles. The minimum Gasteiger partial charge on any atom is -0.493 e.